The predicted molar refractivity (Wildman–Crippen MR) is 92.7 cm³/mol. The molecule has 0 spiro atoms. The Morgan fingerprint density at radius 1 is 1.08 bits per heavy atom. The summed E-state index contributed by atoms with van der Waals surface area (Å²) in [5, 5.41) is 6.83. The van der Waals surface area contributed by atoms with Gasteiger partial charge in [0, 0.05) is 11.3 Å². The number of nitrogens with one attached hydrogen (secondary N) is 1. The van der Waals surface area contributed by atoms with E-state index in [4.69, 9.17) is 4.52 Å². The smallest absolute Gasteiger partial charge is 0.236 e. The van der Waals surface area contributed by atoms with Crippen LogP contribution in [0, 0.1) is 20.8 Å². The van der Waals surface area contributed by atoms with E-state index in [1.54, 1.807) is 0 Å². The zero-order valence-electron chi connectivity index (χ0n) is 14.0. The molecule has 5 nitrogen and oxygen atoms in total. The minimum absolute atomic E-state index is 0.0475. The molecule has 0 aliphatic rings. The molecule has 2 aromatic carbocycles. The minimum Gasteiger partial charge on any atom is -0.338 e. The third kappa shape index (κ3) is 3.51. The summed E-state index contributed by atoms with van der Waals surface area (Å²) in [5.74, 6) is 0.638. The van der Waals surface area contributed by atoms with Crippen molar-refractivity contribution in [3.63, 3.8) is 0 Å². The Bertz CT molecular complexity index is 846. The van der Waals surface area contributed by atoms with E-state index in [1.165, 1.54) is 5.56 Å². The van der Waals surface area contributed by atoms with Crippen molar-refractivity contribution >= 4 is 11.6 Å². The highest BCUT2D eigenvalue weighted by Gasteiger charge is 2.16. The Morgan fingerprint density at radius 3 is 2.42 bits per heavy atom. The van der Waals surface area contributed by atoms with E-state index in [-0.39, 0.29) is 12.3 Å². The number of anilines is 1. The summed E-state index contributed by atoms with van der Waals surface area (Å²) < 4.78 is 5.25. The fraction of sp³-hybridized carbons (Fsp3) is 0.211. The summed E-state index contributed by atoms with van der Waals surface area (Å²) in [7, 11) is 0. The Morgan fingerprint density at radius 2 is 1.75 bits per heavy atom. The van der Waals surface area contributed by atoms with E-state index in [0.29, 0.717) is 11.7 Å². The molecule has 1 aromatic heterocycles. The number of aromatic nitrogens is 2. The number of aryl methyl sites for hydroxylation is 3. The van der Waals surface area contributed by atoms with Gasteiger partial charge in [-0.25, -0.2) is 0 Å². The van der Waals surface area contributed by atoms with Gasteiger partial charge >= 0.3 is 0 Å². The molecule has 0 aliphatic carbocycles. The summed E-state index contributed by atoms with van der Waals surface area (Å²) in [6.45, 7) is 6.10. The predicted octanol–water partition coefficient (Wildman–Crippen LogP) is 3.84. The average Bonchev–Trinajstić information content (AvgIpc) is 2.95. The Hall–Kier alpha value is -2.95. The van der Waals surface area contributed by atoms with Crippen LogP contribution in [0.2, 0.25) is 0 Å². The van der Waals surface area contributed by atoms with E-state index in [2.05, 4.69) is 34.5 Å². The SMILES string of the molecule is Cc1cc(C)c(-c2noc(CC(=O)Nc3ccccc3)n2)c(C)c1. The summed E-state index contributed by atoms with van der Waals surface area (Å²) >= 11 is 0. The van der Waals surface area contributed by atoms with Gasteiger partial charge in [-0.05, 0) is 44.0 Å². The first-order valence-electron chi connectivity index (χ1n) is 7.78. The van der Waals surface area contributed by atoms with Gasteiger partial charge in [0.25, 0.3) is 0 Å². The van der Waals surface area contributed by atoms with Crippen LogP contribution in [0.25, 0.3) is 11.4 Å². The Balaban J connectivity index is 1.76. The lowest BCUT2D eigenvalue weighted by Crippen LogP contribution is -2.14. The van der Waals surface area contributed by atoms with E-state index in [1.807, 2.05) is 44.2 Å². The van der Waals surface area contributed by atoms with Gasteiger partial charge in [0.2, 0.25) is 17.6 Å². The molecule has 1 amide bonds. The van der Waals surface area contributed by atoms with Crippen LogP contribution in [-0.4, -0.2) is 16.0 Å². The van der Waals surface area contributed by atoms with Crippen molar-refractivity contribution in [1.82, 2.24) is 10.1 Å². The summed E-state index contributed by atoms with van der Waals surface area (Å²) in [6, 6.07) is 13.5. The van der Waals surface area contributed by atoms with Crippen LogP contribution in [0.1, 0.15) is 22.6 Å². The van der Waals surface area contributed by atoms with Crippen LogP contribution < -0.4 is 5.32 Å². The Kier molecular flexibility index (Phi) is 4.42. The van der Waals surface area contributed by atoms with Gasteiger partial charge in [-0.1, -0.05) is 41.1 Å². The maximum atomic E-state index is 12.1. The number of rotatable bonds is 4. The van der Waals surface area contributed by atoms with Crippen molar-refractivity contribution < 1.29 is 9.32 Å². The number of hydrogen-bond acceptors (Lipinski definition) is 4. The molecule has 0 saturated carbocycles. The van der Waals surface area contributed by atoms with Crippen LogP contribution in [0.5, 0.6) is 0 Å². The first kappa shape index (κ1) is 15.9. The monoisotopic (exact) mass is 321 g/mol. The fourth-order valence-electron chi connectivity index (χ4n) is 2.82. The number of carbonyl (C=O) groups is 1. The van der Waals surface area contributed by atoms with Crippen LogP contribution in [0.3, 0.4) is 0 Å². The molecular formula is C19H19N3O2. The van der Waals surface area contributed by atoms with Crippen molar-refractivity contribution in [2.75, 3.05) is 5.32 Å². The molecule has 0 fully saturated rings. The number of benzene rings is 2. The molecule has 0 saturated heterocycles. The summed E-state index contributed by atoms with van der Waals surface area (Å²) in [6.07, 6.45) is 0.0475. The lowest BCUT2D eigenvalue weighted by molar-refractivity contribution is -0.115. The summed E-state index contributed by atoms with van der Waals surface area (Å²) in [4.78, 5) is 16.4. The molecule has 0 atom stereocenters. The molecule has 0 bridgehead atoms. The molecule has 122 valence electrons. The minimum atomic E-state index is -0.186. The quantitative estimate of drug-likeness (QED) is 0.792. The topological polar surface area (TPSA) is 68.0 Å². The molecular weight excluding hydrogens is 302 g/mol. The van der Waals surface area contributed by atoms with Crippen molar-refractivity contribution in [2.45, 2.75) is 27.2 Å². The van der Waals surface area contributed by atoms with Gasteiger partial charge in [-0.3, -0.25) is 4.79 Å². The highest BCUT2D eigenvalue weighted by Crippen LogP contribution is 2.26. The average molecular weight is 321 g/mol. The lowest BCUT2D eigenvalue weighted by Gasteiger charge is -2.06. The zero-order chi connectivity index (χ0) is 17.1. The third-order valence-electron chi connectivity index (χ3n) is 3.74. The van der Waals surface area contributed by atoms with Gasteiger partial charge in [0.15, 0.2) is 0 Å². The standard InChI is InChI=1S/C19H19N3O2/c1-12-9-13(2)18(14(3)10-12)19-21-17(24-22-19)11-16(23)20-15-7-5-4-6-8-15/h4-10H,11H2,1-3H3,(H,20,23). The van der Waals surface area contributed by atoms with Gasteiger partial charge in [-0.2, -0.15) is 4.98 Å². The van der Waals surface area contributed by atoms with E-state index in [0.717, 1.165) is 22.4 Å². The number of para-hydroxylation sites is 1. The molecule has 3 rings (SSSR count). The molecule has 1 heterocycles. The molecule has 0 unspecified atom stereocenters. The normalized spacial score (nSPS) is 10.6. The van der Waals surface area contributed by atoms with E-state index >= 15 is 0 Å². The second-order valence-corrected chi connectivity index (χ2v) is 5.88. The molecule has 3 aromatic rings. The van der Waals surface area contributed by atoms with Crippen molar-refractivity contribution in [2.24, 2.45) is 0 Å². The Labute approximate surface area is 140 Å². The molecule has 24 heavy (non-hydrogen) atoms. The first-order chi connectivity index (χ1) is 11.5. The maximum absolute atomic E-state index is 12.1. The second-order valence-electron chi connectivity index (χ2n) is 5.88. The second kappa shape index (κ2) is 6.66. The number of nitrogens with zero attached hydrogens (tertiary/aromatic N) is 2. The molecule has 5 heteroatoms. The fourth-order valence-corrected chi connectivity index (χ4v) is 2.82. The largest absolute Gasteiger partial charge is 0.338 e. The van der Waals surface area contributed by atoms with E-state index < -0.39 is 0 Å². The van der Waals surface area contributed by atoms with Crippen molar-refractivity contribution in [3.05, 3.63) is 65.0 Å². The molecule has 0 aliphatic heterocycles. The highest BCUT2D eigenvalue weighted by atomic mass is 16.5. The van der Waals surface area contributed by atoms with E-state index in [9.17, 15) is 4.79 Å². The molecule has 0 radical (unpaired) electrons. The lowest BCUT2D eigenvalue weighted by atomic mass is 9.99. The van der Waals surface area contributed by atoms with Gasteiger partial charge in [0.05, 0.1) is 0 Å². The van der Waals surface area contributed by atoms with Crippen molar-refractivity contribution in [1.29, 1.82) is 0 Å². The maximum Gasteiger partial charge on any atom is 0.236 e. The van der Waals surface area contributed by atoms with Gasteiger partial charge < -0.3 is 9.84 Å². The summed E-state index contributed by atoms with van der Waals surface area (Å²) in [5.41, 5.74) is 5.08. The number of carbonyl (C=O) groups excluding carboxylic acids is 1. The number of amides is 1. The van der Waals surface area contributed by atoms with Crippen molar-refractivity contribution in [3.8, 4) is 11.4 Å². The van der Waals surface area contributed by atoms with Crippen LogP contribution in [0.4, 0.5) is 5.69 Å². The van der Waals surface area contributed by atoms with Gasteiger partial charge in [-0.15, -0.1) is 0 Å². The van der Waals surface area contributed by atoms with Crippen LogP contribution >= 0.6 is 0 Å². The van der Waals surface area contributed by atoms with Crippen LogP contribution in [0.15, 0.2) is 47.0 Å². The first-order valence-corrected chi connectivity index (χ1v) is 7.78. The third-order valence-corrected chi connectivity index (χ3v) is 3.74. The number of hydrogen-bond donors (Lipinski definition) is 1. The molecule has 1 N–H and O–H groups in total. The highest BCUT2D eigenvalue weighted by molar-refractivity contribution is 5.91. The van der Waals surface area contributed by atoms with Gasteiger partial charge in [0.1, 0.15) is 6.42 Å². The van der Waals surface area contributed by atoms with Crippen LogP contribution in [-0.2, 0) is 11.2 Å². The zero-order valence-corrected chi connectivity index (χ0v) is 14.0.